The van der Waals surface area contributed by atoms with Gasteiger partial charge in [-0.25, -0.2) is 0 Å². The number of hydrogen-bond donors (Lipinski definition) is 4. The molecule has 3 amide bonds. The summed E-state index contributed by atoms with van der Waals surface area (Å²) in [4.78, 5) is 44.8. The molecule has 266 valence electrons. The first kappa shape index (κ1) is 35.6. The zero-order valence-corrected chi connectivity index (χ0v) is 29.9. The van der Waals surface area contributed by atoms with Gasteiger partial charge in [-0.15, -0.1) is 11.8 Å². The molecule has 7 aromatic rings. The number of carbonyl (C=O) groups is 3. The van der Waals surface area contributed by atoms with Crippen molar-refractivity contribution in [2.75, 3.05) is 10.6 Å². The minimum Gasteiger partial charge on any atom is -0.489 e. The standard InChI is InChI=1S/C45H36N4O4S/c50-43(35-15-8-3-9-16-35)49-41(27-31-19-23-38(24-20-31)53-30-32-11-4-1-5-12-32)44(51)47-36-17-10-18-39(28-36)54-42(34-13-6-2-7-14-34)45(52)48-37-22-21-33-25-26-46-40(33)29-37/h1-29,42,46H,30H2,(H,47,51)(H,48,52)(H,49,50)/b41-27-. The minimum atomic E-state index is -0.586. The Morgan fingerprint density at radius 1 is 0.685 bits per heavy atom. The zero-order valence-electron chi connectivity index (χ0n) is 29.1. The van der Waals surface area contributed by atoms with E-state index in [1.165, 1.54) is 11.8 Å². The van der Waals surface area contributed by atoms with Crippen LogP contribution in [-0.2, 0) is 16.2 Å². The third-order valence-electron chi connectivity index (χ3n) is 8.48. The monoisotopic (exact) mass is 728 g/mol. The molecule has 0 aliphatic heterocycles. The molecule has 1 unspecified atom stereocenters. The van der Waals surface area contributed by atoms with Crippen LogP contribution in [0.1, 0.15) is 32.3 Å². The maximum atomic E-state index is 13.9. The van der Waals surface area contributed by atoms with Gasteiger partial charge in [0.15, 0.2) is 0 Å². The van der Waals surface area contributed by atoms with E-state index in [1.807, 2.05) is 140 Å². The van der Waals surface area contributed by atoms with Crippen molar-refractivity contribution < 1.29 is 19.1 Å². The van der Waals surface area contributed by atoms with Crippen molar-refractivity contribution in [3.8, 4) is 5.75 Å². The fourth-order valence-corrected chi connectivity index (χ4v) is 6.81. The van der Waals surface area contributed by atoms with Crippen LogP contribution in [0.3, 0.4) is 0 Å². The second-order valence-corrected chi connectivity index (χ2v) is 13.6. The zero-order chi connectivity index (χ0) is 37.1. The van der Waals surface area contributed by atoms with Crippen LogP contribution >= 0.6 is 11.8 Å². The van der Waals surface area contributed by atoms with Crippen LogP contribution in [0.25, 0.3) is 17.0 Å². The summed E-state index contributed by atoms with van der Waals surface area (Å²) < 4.78 is 5.93. The molecule has 4 N–H and O–H groups in total. The Balaban J connectivity index is 1.09. The highest BCUT2D eigenvalue weighted by molar-refractivity contribution is 8.00. The Morgan fingerprint density at radius 3 is 2.15 bits per heavy atom. The Hall–Kier alpha value is -6.84. The van der Waals surface area contributed by atoms with E-state index in [9.17, 15) is 14.4 Å². The van der Waals surface area contributed by atoms with Gasteiger partial charge in [0, 0.05) is 33.5 Å². The highest BCUT2D eigenvalue weighted by Gasteiger charge is 2.23. The summed E-state index contributed by atoms with van der Waals surface area (Å²) in [5, 5.41) is 9.28. The van der Waals surface area contributed by atoms with Crippen molar-refractivity contribution >= 4 is 57.8 Å². The topological polar surface area (TPSA) is 112 Å². The number of ether oxygens (including phenoxy) is 1. The summed E-state index contributed by atoms with van der Waals surface area (Å²) in [6.45, 7) is 0.426. The maximum Gasteiger partial charge on any atom is 0.272 e. The number of anilines is 2. The van der Waals surface area contributed by atoms with Crippen molar-refractivity contribution in [3.63, 3.8) is 0 Å². The van der Waals surface area contributed by atoms with Crippen molar-refractivity contribution in [1.29, 1.82) is 0 Å². The quantitative estimate of drug-likeness (QED) is 0.0698. The minimum absolute atomic E-state index is 0.0560. The molecule has 0 saturated carbocycles. The summed E-state index contributed by atoms with van der Waals surface area (Å²) >= 11 is 1.37. The van der Waals surface area contributed by atoms with Crippen LogP contribution in [0, 0.1) is 0 Å². The van der Waals surface area contributed by atoms with Crippen LogP contribution in [0.5, 0.6) is 5.75 Å². The number of nitrogens with one attached hydrogen (secondary N) is 4. The molecular weight excluding hydrogens is 693 g/mol. The van der Waals surface area contributed by atoms with E-state index < -0.39 is 17.1 Å². The van der Waals surface area contributed by atoms with E-state index in [1.54, 1.807) is 36.4 Å². The van der Waals surface area contributed by atoms with Gasteiger partial charge in [-0.05, 0) is 88.8 Å². The van der Waals surface area contributed by atoms with E-state index in [0.717, 1.165) is 26.9 Å². The SMILES string of the molecule is O=C(Nc1cccc(SC(C(=O)Nc2ccc3cc[nH]c3c2)c2ccccc2)c1)/C(=C/c1ccc(OCc2ccccc2)cc1)NC(=O)c1ccccc1. The molecule has 8 nitrogen and oxygen atoms in total. The largest absolute Gasteiger partial charge is 0.489 e. The normalized spacial score (nSPS) is 11.7. The Labute approximate surface area is 317 Å². The summed E-state index contributed by atoms with van der Waals surface area (Å²) in [6, 6.07) is 50.5. The van der Waals surface area contributed by atoms with Gasteiger partial charge in [0.1, 0.15) is 23.3 Å². The molecule has 1 aromatic heterocycles. The van der Waals surface area contributed by atoms with Crippen LogP contribution in [0.4, 0.5) is 11.4 Å². The van der Waals surface area contributed by atoms with Gasteiger partial charge in [-0.1, -0.05) is 103 Å². The molecule has 0 fully saturated rings. The number of benzene rings is 6. The fourth-order valence-electron chi connectivity index (χ4n) is 5.73. The molecular formula is C45H36N4O4S. The van der Waals surface area contributed by atoms with Crippen LogP contribution in [-0.4, -0.2) is 22.7 Å². The maximum absolute atomic E-state index is 13.9. The highest BCUT2D eigenvalue weighted by Crippen LogP contribution is 2.37. The van der Waals surface area contributed by atoms with Gasteiger partial charge in [0.25, 0.3) is 11.8 Å². The number of fused-ring (bicyclic) bond motifs is 1. The van der Waals surface area contributed by atoms with Gasteiger partial charge < -0.3 is 25.7 Å². The van der Waals surface area contributed by atoms with E-state index >= 15 is 0 Å². The molecule has 9 heteroatoms. The van der Waals surface area contributed by atoms with Gasteiger partial charge in [-0.3, -0.25) is 14.4 Å². The lowest BCUT2D eigenvalue weighted by Gasteiger charge is -2.18. The van der Waals surface area contributed by atoms with Crippen molar-refractivity contribution in [2.45, 2.75) is 16.8 Å². The lowest BCUT2D eigenvalue weighted by Crippen LogP contribution is -2.30. The summed E-state index contributed by atoms with van der Waals surface area (Å²) in [5.41, 5.74) is 5.16. The van der Waals surface area contributed by atoms with E-state index in [-0.39, 0.29) is 11.6 Å². The number of H-pyrrole nitrogens is 1. The average Bonchev–Trinajstić information content (AvgIpc) is 3.69. The van der Waals surface area contributed by atoms with E-state index in [4.69, 9.17) is 4.74 Å². The number of rotatable bonds is 13. The second kappa shape index (κ2) is 17.1. The second-order valence-electron chi connectivity index (χ2n) is 12.4. The molecule has 0 aliphatic rings. The molecule has 7 rings (SSSR count). The molecule has 1 heterocycles. The third-order valence-corrected chi connectivity index (χ3v) is 9.73. The lowest BCUT2D eigenvalue weighted by molar-refractivity contribution is -0.116. The van der Waals surface area contributed by atoms with Gasteiger partial charge in [-0.2, -0.15) is 0 Å². The van der Waals surface area contributed by atoms with Crippen molar-refractivity contribution in [1.82, 2.24) is 10.3 Å². The number of amides is 3. The van der Waals surface area contributed by atoms with E-state index in [2.05, 4.69) is 20.9 Å². The number of thioether (sulfide) groups is 1. The molecule has 0 radical (unpaired) electrons. The first-order chi connectivity index (χ1) is 26.5. The molecule has 0 bridgehead atoms. The van der Waals surface area contributed by atoms with Crippen molar-refractivity contribution in [3.05, 3.63) is 198 Å². The Morgan fingerprint density at radius 2 is 1.39 bits per heavy atom. The van der Waals surface area contributed by atoms with E-state index in [0.29, 0.717) is 34.9 Å². The third kappa shape index (κ3) is 9.33. The molecule has 0 aliphatic carbocycles. The number of carbonyl (C=O) groups excluding carboxylic acids is 3. The lowest BCUT2D eigenvalue weighted by atomic mass is 10.1. The van der Waals surface area contributed by atoms with Crippen molar-refractivity contribution in [2.24, 2.45) is 0 Å². The molecule has 1 atom stereocenters. The average molecular weight is 729 g/mol. The predicted molar refractivity (Wildman–Crippen MR) is 216 cm³/mol. The Kier molecular flexibility index (Phi) is 11.3. The van der Waals surface area contributed by atoms with Gasteiger partial charge in [0.2, 0.25) is 5.91 Å². The first-order valence-corrected chi connectivity index (χ1v) is 18.2. The molecule has 6 aromatic carbocycles. The molecule has 54 heavy (non-hydrogen) atoms. The molecule has 0 spiro atoms. The van der Waals surface area contributed by atoms with Gasteiger partial charge in [0.05, 0.1) is 0 Å². The number of aromatic amines is 1. The summed E-state index contributed by atoms with van der Waals surface area (Å²) in [6.07, 6.45) is 3.48. The smallest absolute Gasteiger partial charge is 0.272 e. The molecule has 0 saturated heterocycles. The first-order valence-electron chi connectivity index (χ1n) is 17.3. The summed E-state index contributed by atoms with van der Waals surface area (Å²) in [7, 11) is 0. The number of hydrogen-bond acceptors (Lipinski definition) is 5. The predicted octanol–water partition coefficient (Wildman–Crippen LogP) is 9.63. The Bertz CT molecular complexity index is 2400. The highest BCUT2D eigenvalue weighted by atomic mass is 32.2. The van der Waals surface area contributed by atoms with Crippen LogP contribution < -0.4 is 20.7 Å². The number of aromatic nitrogens is 1. The fraction of sp³-hybridized carbons (Fsp3) is 0.0444. The van der Waals surface area contributed by atoms with Crippen LogP contribution in [0.15, 0.2) is 181 Å². The van der Waals surface area contributed by atoms with Crippen LogP contribution in [0.2, 0.25) is 0 Å². The summed E-state index contributed by atoms with van der Waals surface area (Å²) in [5.74, 6) is -0.440. The van der Waals surface area contributed by atoms with Gasteiger partial charge >= 0.3 is 0 Å².